The van der Waals surface area contributed by atoms with E-state index in [4.69, 9.17) is 9.15 Å². The summed E-state index contributed by atoms with van der Waals surface area (Å²) in [6.07, 6.45) is 5.27. The van der Waals surface area contributed by atoms with Crippen LogP contribution < -0.4 is 10.1 Å². The topological polar surface area (TPSA) is 34.4 Å². The van der Waals surface area contributed by atoms with Gasteiger partial charge in [0.25, 0.3) is 0 Å². The summed E-state index contributed by atoms with van der Waals surface area (Å²) >= 11 is 0. The van der Waals surface area contributed by atoms with Crippen molar-refractivity contribution in [2.45, 2.75) is 38.5 Å². The number of para-hydroxylation sites is 1. The number of ether oxygens (including phenoxy) is 1. The van der Waals surface area contributed by atoms with Gasteiger partial charge in [-0.3, -0.25) is 0 Å². The second-order valence-electron chi connectivity index (χ2n) is 5.41. The minimum atomic E-state index is 0.456. The van der Waals surface area contributed by atoms with Gasteiger partial charge in [0.2, 0.25) is 0 Å². The average Bonchev–Trinajstić information content (AvgIpc) is 3.23. The molecule has 0 unspecified atom stereocenters. The fourth-order valence-corrected chi connectivity index (χ4v) is 2.24. The van der Waals surface area contributed by atoms with Gasteiger partial charge < -0.3 is 14.5 Å². The predicted octanol–water partition coefficient (Wildman–Crippen LogP) is 3.84. The first-order chi connectivity index (χ1) is 10.3. The highest BCUT2D eigenvalue weighted by molar-refractivity contribution is 5.34. The van der Waals surface area contributed by atoms with Gasteiger partial charge in [0.15, 0.2) is 0 Å². The van der Waals surface area contributed by atoms with Crippen LogP contribution in [0, 0.1) is 0 Å². The molecule has 21 heavy (non-hydrogen) atoms. The second-order valence-corrected chi connectivity index (χ2v) is 5.41. The standard InChI is InChI=1S/C18H21NO2/c1-2-5-14-6-3-4-7-18(14)20-13-17-11-10-16(21-17)12-19-15-8-9-15/h2-4,6-7,10-11,15,19H,1,5,8-9,12-13H2. The molecule has 0 atom stereocenters. The van der Waals surface area contributed by atoms with E-state index in [-0.39, 0.29) is 0 Å². The molecule has 110 valence electrons. The molecule has 1 heterocycles. The molecule has 1 N–H and O–H groups in total. The van der Waals surface area contributed by atoms with Crippen LogP contribution in [-0.4, -0.2) is 6.04 Å². The van der Waals surface area contributed by atoms with Crippen LogP contribution in [0.2, 0.25) is 0 Å². The first-order valence-corrected chi connectivity index (χ1v) is 7.47. The third kappa shape index (κ3) is 3.99. The predicted molar refractivity (Wildman–Crippen MR) is 83.2 cm³/mol. The summed E-state index contributed by atoms with van der Waals surface area (Å²) in [4.78, 5) is 0. The SMILES string of the molecule is C=CCc1ccccc1OCc1ccc(CNC2CC2)o1. The summed E-state index contributed by atoms with van der Waals surface area (Å²) in [5, 5.41) is 3.44. The van der Waals surface area contributed by atoms with Crippen LogP contribution >= 0.6 is 0 Å². The van der Waals surface area contributed by atoms with Gasteiger partial charge in [-0.2, -0.15) is 0 Å². The molecule has 1 aliphatic rings. The maximum atomic E-state index is 5.87. The maximum Gasteiger partial charge on any atom is 0.146 e. The Kier molecular flexibility index (Phi) is 4.41. The van der Waals surface area contributed by atoms with Crippen molar-refractivity contribution < 1.29 is 9.15 Å². The van der Waals surface area contributed by atoms with Gasteiger partial charge in [0.1, 0.15) is 23.9 Å². The van der Waals surface area contributed by atoms with Crippen molar-refractivity contribution >= 4 is 0 Å². The molecule has 1 aliphatic carbocycles. The highest BCUT2D eigenvalue weighted by Crippen LogP contribution is 2.22. The van der Waals surface area contributed by atoms with Crippen molar-refractivity contribution in [2.24, 2.45) is 0 Å². The maximum absolute atomic E-state index is 5.87. The summed E-state index contributed by atoms with van der Waals surface area (Å²) in [6, 6.07) is 12.7. The van der Waals surface area contributed by atoms with E-state index in [1.165, 1.54) is 12.8 Å². The summed E-state index contributed by atoms with van der Waals surface area (Å²) in [5.41, 5.74) is 1.15. The molecule has 0 radical (unpaired) electrons. The van der Waals surface area contributed by atoms with Gasteiger partial charge in [0, 0.05) is 6.04 Å². The number of allylic oxidation sites excluding steroid dienone is 1. The van der Waals surface area contributed by atoms with Gasteiger partial charge in [-0.1, -0.05) is 24.3 Å². The smallest absolute Gasteiger partial charge is 0.146 e. The van der Waals surface area contributed by atoms with Crippen LogP contribution in [0.5, 0.6) is 5.75 Å². The third-order valence-electron chi connectivity index (χ3n) is 3.57. The Morgan fingerprint density at radius 3 is 2.81 bits per heavy atom. The lowest BCUT2D eigenvalue weighted by Gasteiger charge is -2.09. The van der Waals surface area contributed by atoms with Crippen LogP contribution in [0.4, 0.5) is 0 Å². The molecule has 1 saturated carbocycles. The lowest BCUT2D eigenvalue weighted by Crippen LogP contribution is -2.14. The van der Waals surface area contributed by atoms with E-state index < -0.39 is 0 Å². The number of nitrogens with one attached hydrogen (secondary N) is 1. The van der Waals surface area contributed by atoms with Gasteiger partial charge >= 0.3 is 0 Å². The first-order valence-electron chi connectivity index (χ1n) is 7.47. The zero-order valence-electron chi connectivity index (χ0n) is 12.2. The Morgan fingerprint density at radius 1 is 1.19 bits per heavy atom. The molecule has 0 aliphatic heterocycles. The zero-order valence-corrected chi connectivity index (χ0v) is 12.2. The molecule has 1 aromatic carbocycles. The Hall–Kier alpha value is -2.00. The normalized spacial score (nSPS) is 14.1. The molecule has 1 aromatic heterocycles. The highest BCUT2D eigenvalue weighted by atomic mass is 16.5. The third-order valence-corrected chi connectivity index (χ3v) is 3.57. The Bertz CT molecular complexity index is 599. The molecule has 0 saturated heterocycles. The number of furan rings is 1. The van der Waals surface area contributed by atoms with Gasteiger partial charge in [-0.05, 0) is 43.0 Å². The fraction of sp³-hybridized carbons (Fsp3) is 0.333. The molecular weight excluding hydrogens is 262 g/mol. The summed E-state index contributed by atoms with van der Waals surface area (Å²) in [7, 11) is 0. The van der Waals surface area contributed by atoms with Crippen LogP contribution in [0.3, 0.4) is 0 Å². The molecule has 3 nitrogen and oxygen atoms in total. The van der Waals surface area contributed by atoms with Crippen molar-refractivity contribution in [2.75, 3.05) is 0 Å². The summed E-state index contributed by atoms with van der Waals surface area (Å²) in [6.45, 7) is 5.04. The molecule has 1 fully saturated rings. The molecule has 3 rings (SSSR count). The fourth-order valence-electron chi connectivity index (χ4n) is 2.24. The van der Waals surface area contributed by atoms with Crippen molar-refractivity contribution in [3.63, 3.8) is 0 Å². The van der Waals surface area contributed by atoms with Crippen LogP contribution in [0.25, 0.3) is 0 Å². The zero-order chi connectivity index (χ0) is 14.5. The molecule has 0 spiro atoms. The Morgan fingerprint density at radius 2 is 2.00 bits per heavy atom. The summed E-state index contributed by atoms with van der Waals surface area (Å²) < 4.78 is 11.6. The molecular formula is C18H21NO2. The number of benzene rings is 1. The van der Waals surface area contributed by atoms with E-state index in [1.54, 1.807) is 0 Å². The van der Waals surface area contributed by atoms with Gasteiger partial charge in [0.05, 0.1) is 6.54 Å². The average molecular weight is 283 g/mol. The van der Waals surface area contributed by atoms with Crippen LogP contribution in [-0.2, 0) is 19.6 Å². The van der Waals surface area contributed by atoms with E-state index >= 15 is 0 Å². The van der Waals surface area contributed by atoms with Gasteiger partial charge in [-0.15, -0.1) is 6.58 Å². The first kappa shape index (κ1) is 14.0. The monoisotopic (exact) mass is 283 g/mol. The van der Waals surface area contributed by atoms with E-state index in [9.17, 15) is 0 Å². The quantitative estimate of drug-likeness (QED) is 0.747. The molecule has 2 aromatic rings. The van der Waals surface area contributed by atoms with E-state index in [0.29, 0.717) is 12.6 Å². The number of hydrogen-bond acceptors (Lipinski definition) is 3. The van der Waals surface area contributed by atoms with Crippen molar-refractivity contribution in [1.29, 1.82) is 0 Å². The Balaban J connectivity index is 1.55. The van der Waals surface area contributed by atoms with Gasteiger partial charge in [-0.25, -0.2) is 0 Å². The number of rotatable bonds is 8. The minimum Gasteiger partial charge on any atom is -0.485 e. The highest BCUT2D eigenvalue weighted by Gasteiger charge is 2.20. The molecule has 0 amide bonds. The van der Waals surface area contributed by atoms with E-state index in [0.717, 1.165) is 35.8 Å². The van der Waals surface area contributed by atoms with Crippen molar-refractivity contribution in [3.8, 4) is 5.75 Å². The lowest BCUT2D eigenvalue weighted by atomic mass is 10.1. The molecule has 0 bridgehead atoms. The van der Waals surface area contributed by atoms with E-state index in [2.05, 4.69) is 18.0 Å². The van der Waals surface area contributed by atoms with E-state index in [1.807, 2.05) is 36.4 Å². The largest absolute Gasteiger partial charge is 0.485 e. The summed E-state index contributed by atoms with van der Waals surface area (Å²) in [5.74, 6) is 2.72. The number of hydrogen-bond donors (Lipinski definition) is 1. The van der Waals surface area contributed by atoms with Crippen molar-refractivity contribution in [1.82, 2.24) is 5.32 Å². The minimum absolute atomic E-state index is 0.456. The van der Waals surface area contributed by atoms with Crippen molar-refractivity contribution in [3.05, 3.63) is 66.1 Å². The lowest BCUT2D eigenvalue weighted by molar-refractivity contribution is 0.263. The van der Waals surface area contributed by atoms with Crippen LogP contribution in [0.1, 0.15) is 29.9 Å². The second kappa shape index (κ2) is 6.64. The molecule has 3 heteroatoms. The Labute approximate surface area is 125 Å². The van der Waals surface area contributed by atoms with Crippen LogP contribution in [0.15, 0.2) is 53.5 Å².